The van der Waals surface area contributed by atoms with Crippen LogP contribution in [0.1, 0.15) is 24.1 Å². The van der Waals surface area contributed by atoms with Gasteiger partial charge in [0, 0.05) is 11.3 Å². The average Bonchev–Trinajstić information content (AvgIpc) is 2.48. The third-order valence-corrected chi connectivity index (χ3v) is 3.49. The molecule has 3 nitrogen and oxygen atoms in total. The molecule has 1 aliphatic rings. The number of amides is 2. The number of nitrogens with one attached hydrogen (secondary N) is 2. The highest BCUT2D eigenvalue weighted by molar-refractivity contribution is 5.87. The van der Waals surface area contributed by atoms with E-state index in [0.29, 0.717) is 0 Å². The van der Waals surface area contributed by atoms with Crippen molar-refractivity contribution in [1.29, 1.82) is 0 Å². The molecule has 0 saturated heterocycles. The summed E-state index contributed by atoms with van der Waals surface area (Å²) in [6.07, 6.45) is 0. The number of benzene rings is 2. The van der Waals surface area contributed by atoms with Crippen LogP contribution in [0, 0.1) is 0 Å². The molecule has 2 N–H and O–H groups in total. The molecule has 3 heteroatoms. The molecule has 0 saturated carbocycles. The van der Waals surface area contributed by atoms with Crippen LogP contribution in [0.2, 0.25) is 0 Å². The fourth-order valence-electron chi connectivity index (χ4n) is 2.59. The fraction of sp³-hybridized carbons (Fsp3) is 0.118. The van der Waals surface area contributed by atoms with Gasteiger partial charge in [0.15, 0.2) is 0 Å². The molecule has 0 fully saturated rings. The average molecular weight is 264 g/mol. The van der Waals surface area contributed by atoms with Crippen LogP contribution >= 0.6 is 0 Å². The van der Waals surface area contributed by atoms with Crippen LogP contribution in [0.3, 0.4) is 0 Å². The Labute approximate surface area is 118 Å². The Morgan fingerprint density at radius 2 is 1.50 bits per heavy atom. The van der Waals surface area contributed by atoms with Gasteiger partial charge in [-0.25, -0.2) is 4.79 Å². The number of carbonyl (C=O) groups excluding carboxylic acids is 1. The second kappa shape index (κ2) is 5.21. The van der Waals surface area contributed by atoms with Gasteiger partial charge in [0.1, 0.15) is 0 Å². The van der Waals surface area contributed by atoms with Gasteiger partial charge in [0.25, 0.3) is 0 Å². The van der Waals surface area contributed by atoms with Crippen LogP contribution in [0.25, 0.3) is 5.57 Å². The van der Waals surface area contributed by atoms with Gasteiger partial charge in [-0.3, -0.25) is 0 Å². The van der Waals surface area contributed by atoms with Crippen molar-refractivity contribution in [1.82, 2.24) is 10.6 Å². The van der Waals surface area contributed by atoms with Crippen molar-refractivity contribution in [3.8, 4) is 0 Å². The monoisotopic (exact) mass is 264 g/mol. The highest BCUT2D eigenvalue weighted by atomic mass is 16.2. The summed E-state index contributed by atoms with van der Waals surface area (Å²) in [5.41, 5.74) is 4.21. The van der Waals surface area contributed by atoms with Gasteiger partial charge in [-0.1, -0.05) is 60.7 Å². The Bertz CT molecular complexity index is 647. The predicted molar refractivity (Wildman–Crippen MR) is 79.9 cm³/mol. The third-order valence-electron chi connectivity index (χ3n) is 3.49. The SMILES string of the molecule is CC1=C(c2ccccc2)C(c2ccccc2)NC(=O)N1. The van der Waals surface area contributed by atoms with E-state index >= 15 is 0 Å². The molecule has 0 spiro atoms. The van der Waals surface area contributed by atoms with E-state index < -0.39 is 0 Å². The first-order valence-electron chi connectivity index (χ1n) is 6.64. The van der Waals surface area contributed by atoms with Crippen molar-refractivity contribution in [2.24, 2.45) is 0 Å². The second-order valence-electron chi connectivity index (χ2n) is 4.85. The van der Waals surface area contributed by atoms with Crippen molar-refractivity contribution in [3.63, 3.8) is 0 Å². The largest absolute Gasteiger partial charge is 0.327 e. The summed E-state index contributed by atoms with van der Waals surface area (Å²) in [5.74, 6) is 0. The normalized spacial score (nSPS) is 18.4. The molecule has 2 aromatic rings. The number of hydrogen-bond donors (Lipinski definition) is 2. The van der Waals surface area contributed by atoms with Gasteiger partial charge < -0.3 is 10.6 Å². The fourth-order valence-corrected chi connectivity index (χ4v) is 2.59. The first kappa shape index (κ1) is 12.5. The summed E-state index contributed by atoms with van der Waals surface area (Å²) in [6, 6.07) is 19.9. The van der Waals surface area contributed by atoms with E-state index in [1.165, 1.54) is 0 Å². The second-order valence-corrected chi connectivity index (χ2v) is 4.85. The Morgan fingerprint density at radius 3 is 2.15 bits per heavy atom. The number of allylic oxidation sites excluding steroid dienone is 1. The summed E-state index contributed by atoms with van der Waals surface area (Å²) < 4.78 is 0. The summed E-state index contributed by atoms with van der Waals surface area (Å²) in [5, 5.41) is 5.86. The van der Waals surface area contributed by atoms with Crippen molar-refractivity contribution in [2.75, 3.05) is 0 Å². The summed E-state index contributed by atoms with van der Waals surface area (Å²) >= 11 is 0. The van der Waals surface area contributed by atoms with Gasteiger partial charge in [-0.2, -0.15) is 0 Å². The molecule has 1 aliphatic heterocycles. The summed E-state index contributed by atoms with van der Waals surface area (Å²) in [4.78, 5) is 11.8. The Balaban J connectivity index is 2.11. The summed E-state index contributed by atoms with van der Waals surface area (Å²) in [7, 11) is 0. The van der Waals surface area contributed by atoms with Gasteiger partial charge in [0.2, 0.25) is 0 Å². The lowest BCUT2D eigenvalue weighted by Crippen LogP contribution is -2.42. The molecule has 3 rings (SSSR count). The number of hydrogen-bond acceptors (Lipinski definition) is 1. The number of carbonyl (C=O) groups is 1. The molecule has 20 heavy (non-hydrogen) atoms. The maximum atomic E-state index is 11.8. The Kier molecular flexibility index (Phi) is 3.25. The lowest BCUT2D eigenvalue weighted by molar-refractivity contribution is 0.240. The first-order chi connectivity index (χ1) is 9.75. The van der Waals surface area contributed by atoms with Crippen LogP contribution < -0.4 is 10.6 Å². The van der Waals surface area contributed by atoms with E-state index in [-0.39, 0.29) is 12.1 Å². The highest BCUT2D eigenvalue weighted by Gasteiger charge is 2.26. The maximum absolute atomic E-state index is 11.8. The van der Waals surface area contributed by atoms with Gasteiger partial charge in [-0.05, 0) is 18.1 Å². The van der Waals surface area contributed by atoms with E-state index in [2.05, 4.69) is 22.8 Å². The van der Waals surface area contributed by atoms with Crippen LogP contribution in [0.15, 0.2) is 66.4 Å². The van der Waals surface area contributed by atoms with Crippen LogP contribution in [-0.2, 0) is 0 Å². The Hall–Kier alpha value is -2.55. The molecule has 100 valence electrons. The van der Waals surface area contributed by atoms with E-state index in [1.54, 1.807) is 0 Å². The lowest BCUT2D eigenvalue weighted by Gasteiger charge is -2.29. The van der Waals surface area contributed by atoms with Gasteiger partial charge in [0.05, 0.1) is 6.04 Å². The van der Waals surface area contributed by atoms with E-state index in [0.717, 1.165) is 22.4 Å². The van der Waals surface area contributed by atoms with E-state index in [9.17, 15) is 4.79 Å². The van der Waals surface area contributed by atoms with Crippen molar-refractivity contribution in [3.05, 3.63) is 77.5 Å². The minimum Gasteiger partial charge on any atom is -0.327 e. The molecule has 0 aromatic heterocycles. The number of rotatable bonds is 2. The zero-order valence-electron chi connectivity index (χ0n) is 11.3. The molecule has 0 radical (unpaired) electrons. The smallest absolute Gasteiger partial charge is 0.319 e. The molecular formula is C17H16N2O. The number of urea groups is 1. The molecule has 2 aromatic carbocycles. The van der Waals surface area contributed by atoms with Crippen LogP contribution in [0.5, 0.6) is 0 Å². The highest BCUT2D eigenvalue weighted by Crippen LogP contribution is 2.33. The molecular weight excluding hydrogens is 248 g/mol. The molecule has 0 aliphatic carbocycles. The maximum Gasteiger partial charge on any atom is 0.319 e. The molecule has 1 heterocycles. The molecule has 2 amide bonds. The third kappa shape index (κ3) is 2.30. The molecule has 1 unspecified atom stereocenters. The topological polar surface area (TPSA) is 41.1 Å². The molecule has 0 bridgehead atoms. The standard InChI is InChI=1S/C17H16N2O/c1-12-15(13-8-4-2-5-9-13)16(19-17(20)18-12)14-10-6-3-7-11-14/h2-11,16H,1H3,(H2,18,19,20). The van der Waals surface area contributed by atoms with E-state index in [1.807, 2.05) is 55.5 Å². The minimum absolute atomic E-state index is 0.118. The van der Waals surface area contributed by atoms with Crippen LogP contribution in [-0.4, -0.2) is 6.03 Å². The first-order valence-corrected chi connectivity index (χ1v) is 6.64. The van der Waals surface area contributed by atoms with Gasteiger partial charge in [-0.15, -0.1) is 0 Å². The zero-order chi connectivity index (χ0) is 13.9. The lowest BCUT2D eigenvalue weighted by atomic mass is 9.90. The van der Waals surface area contributed by atoms with E-state index in [4.69, 9.17) is 0 Å². The van der Waals surface area contributed by atoms with Crippen molar-refractivity contribution < 1.29 is 4.79 Å². The van der Waals surface area contributed by atoms with Gasteiger partial charge >= 0.3 is 6.03 Å². The zero-order valence-corrected chi connectivity index (χ0v) is 11.3. The van der Waals surface area contributed by atoms with Crippen molar-refractivity contribution in [2.45, 2.75) is 13.0 Å². The Morgan fingerprint density at radius 1 is 0.900 bits per heavy atom. The molecule has 1 atom stereocenters. The minimum atomic E-state index is -0.156. The van der Waals surface area contributed by atoms with Crippen molar-refractivity contribution >= 4 is 11.6 Å². The summed E-state index contributed by atoms with van der Waals surface area (Å²) in [6.45, 7) is 1.94. The quantitative estimate of drug-likeness (QED) is 0.856. The predicted octanol–water partition coefficient (Wildman–Crippen LogP) is 3.47. The van der Waals surface area contributed by atoms with Crippen LogP contribution in [0.4, 0.5) is 4.79 Å².